The first kappa shape index (κ1) is 18.6. The van der Waals surface area contributed by atoms with Crippen LogP contribution in [0, 0.1) is 0 Å². The second kappa shape index (κ2) is 7.99. The molecule has 0 unspecified atom stereocenters. The Kier molecular flexibility index (Phi) is 5.49. The molecule has 3 rings (SSSR count). The summed E-state index contributed by atoms with van der Waals surface area (Å²) in [5.74, 6) is 1.69. The van der Waals surface area contributed by atoms with E-state index in [1.807, 2.05) is 26.0 Å². The third-order valence-corrected chi connectivity index (χ3v) is 4.15. The van der Waals surface area contributed by atoms with Gasteiger partial charge in [-0.3, -0.25) is 9.36 Å². The third-order valence-electron chi connectivity index (χ3n) is 4.15. The third kappa shape index (κ3) is 3.81. The Morgan fingerprint density at radius 1 is 0.963 bits per heavy atom. The summed E-state index contributed by atoms with van der Waals surface area (Å²) < 4.78 is 17.4. The van der Waals surface area contributed by atoms with Gasteiger partial charge in [0.25, 0.3) is 5.56 Å². The van der Waals surface area contributed by atoms with E-state index < -0.39 is 5.69 Å². The molecule has 0 fully saturated rings. The predicted octanol–water partition coefficient (Wildman–Crippen LogP) is 2.54. The molecule has 1 heterocycles. The van der Waals surface area contributed by atoms with Crippen LogP contribution in [0.3, 0.4) is 0 Å². The summed E-state index contributed by atoms with van der Waals surface area (Å²) in [6.07, 6.45) is 0. The van der Waals surface area contributed by atoms with Gasteiger partial charge in [-0.05, 0) is 37.6 Å². The van der Waals surface area contributed by atoms with Crippen LogP contribution in [0.15, 0.2) is 46.0 Å². The van der Waals surface area contributed by atoms with Gasteiger partial charge in [-0.25, -0.2) is 4.79 Å². The van der Waals surface area contributed by atoms with Gasteiger partial charge >= 0.3 is 5.69 Å². The number of nitrogens with zero attached hydrogens (tertiary/aromatic N) is 1. The van der Waals surface area contributed by atoms with E-state index >= 15 is 0 Å². The van der Waals surface area contributed by atoms with Crippen LogP contribution in [0.1, 0.15) is 19.4 Å². The molecule has 27 heavy (non-hydrogen) atoms. The molecule has 2 aromatic carbocycles. The number of benzene rings is 2. The fraction of sp³-hybridized carbons (Fsp3) is 0.300. The molecular weight excluding hydrogens is 348 g/mol. The van der Waals surface area contributed by atoms with Crippen molar-refractivity contribution in [1.29, 1.82) is 0 Å². The van der Waals surface area contributed by atoms with Crippen molar-refractivity contribution in [2.24, 2.45) is 0 Å². The fourth-order valence-electron chi connectivity index (χ4n) is 2.85. The Morgan fingerprint density at radius 3 is 2.19 bits per heavy atom. The van der Waals surface area contributed by atoms with Gasteiger partial charge in [0.1, 0.15) is 5.75 Å². The fourth-order valence-corrected chi connectivity index (χ4v) is 2.85. The van der Waals surface area contributed by atoms with Gasteiger partial charge in [-0.2, -0.15) is 0 Å². The predicted molar refractivity (Wildman–Crippen MR) is 103 cm³/mol. The number of H-pyrrole nitrogens is 1. The highest BCUT2D eigenvalue weighted by molar-refractivity contribution is 5.81. The molecule has 0 aliphatic carbocycles. The number of methoxy groups -OCH3 is 1. The minimum absolute atomic E-state index is 0.158. The normalized spacial score (nSPS) is 10.8. The van der Waals surface area contributed by atoms with E-state index in [4.69, 9.17) is 14.2 Å². The monoisotopic (exact) mass is 370 g/mol. The molecule has 0 bridgehead atoms. The lowest BCUT2D eigenvalue weighted by molar-refractivity contribution is 0.288. The average Bonchev–Trinajstić information content (AvgIpc) is 2.67. The van der Waals surface area contributed by atoms with Gasteiger partial charge in [-0.15, -0.1) is 0 Å². The summed E-state index contributed by atoms with van der Waals surface area (Å²) in [5, 5.41) is 0.370. The van der Waals surface area contributed by atoms with Gasteiger partial charge in [0, 0.05) is 6.07 Å². The van der Waals surface area contributed by atoms with Crippen molar-refractivity contribution >= 4 is 10.9 Å². The van der Waals surface area contributed by atoms with Crippen LogP contribution < -0.4 is 25.5 Å². The van der Waals surface area contributed by atoms with E-state index in [9.17, 15) is 9.59 Å². The first-order valence-corrected chi connectivity index (χ1v) is 8.76. The van der Waals surface area contributed by atoms with Crippen molar-refractivity contribution in [2.45, 2.75) is 20.4 Å². The van der Waals surface area contributed by atoms with E-state index in [2.05, 4.69) is 4.98 Å². The van der Waals surface area contributed by atoms with Crippen molar-refractivity contribution in [3.05, 3.63) is 62.8 Å². The molecule has 1 N–H and O–H groups in total. The lowest BCUT2D eigenvalue weighted by Gasteiger charge is -2.13. The lowest BCUT2D eigenvalue weighted by Crippen LogP contribution is -2.35. The zero-order valence-electron chi connectivity index (χ0n) is 15.6. The summed E-state index contributed by atoms with van der Waals surface area (Å²) >= 11 is 0. The van der Waals surface area contributed by atoms with Gasteiger partial charge < -0.3 is 19.2 Å². The average molecular weight is 370 g/mol. The highest BCUT2D eigenvalue weighted by Crippen LogP contribution is 2.30. The maximum Gasteiger partial charge on any atom is 0.329 e. The number of hydrogen-bond acceptors (Lipinski definition) is 5. The summed E-state index contributed by atoms with van der Waals surface area (Å²) in [7, 11) is 1.58. The molecule has 0 aliphatic rings. The number of rotatable bonds is 7. The molecule has 0 saturated carbocycles. The van der Waals surface area contributed by atoms with Crippen molar-refractivity contribution in [3.63, 3.8) is 0 Å². The van der Waals surface area contributed by atoms with Crippen molar-refractivity contribution < 1.29 is 14.2 Å². The second-order valence-electron chi connectivity index (χ2n) is 5.88. The topological polar surface area (TPSA) is 82.5 Å². The summed E-state index contributed by atoms with van der Waals surface area (Å²) in [4.78, 5) is 28.2. The number of aromatic amines is 1. The Labute approximate surface area is 156 Å². The number of fused-ring (bicyclic) bond motifs is 1. The lowest BCUT2D eigenvalue weighted by atomic mass is 10.2. The van der Waals surface area contributed by atoms with Crippen LogP contribution >= 0.6 is 0 Å². The maximum atomic E-state index is 12.9. The summed E-state index contributed by atoms with van der Waals surface area (Å²) in [5.41, 5.74) is 0.380. The molecule has 0 aliphatic heterocycles. The minimum Gasteiger partial charge on any atom is -0.497 e. The first-order chi connectivity index (χ1) is 13.1. The molecule has 0 amide bonds. The highest BCUT2D eigenvalue weighted by atomic mass is 16.5. The smallest absolute Gasteiger partial charge is 0.329 e. The van der Waals surface area contributed by atoms with E-state index in [1.54, 1.807) is 31.4 Å². The molecular formula is C20H22N2O5. The Hall–Kier alpha value is -3.22. The molecule has 0 atom stereocenters. The van der Waals surface area contributed by atoms with Gasteiger partial charge in [0.05, 0.1) is 37.8 Å². The molecule has 0 spiro atoms. The Bertz CT molecular complexity index is 1050. The molecule has 7 nitrogen and oxygen atoms in total. The van der Waals surface area contributed by atoms with Crippen molar-refractivity contribution in [3.8, 4) is 17.2 Å². The van der Waals surface area contributed by atoms with Crippen LogP contribution in [-0.2, 0) is 6.54 Å². The van der Waals surface area contributed by atoms with Crippen LogP contribution in [0.25, 0.3) is 10.9 Å². The van der Waals surface area contributed by atoms with Crippen molar-refractivity contribution in [2.75, 3.05) is 20.3 Å². The van der Waals surface area contributed by atoms with E-state index in [-0.39, 0.29) is 12.1 Å². The van der Waals surface area contributed by atoms with Crippen LogP contribution in [0.5, 0.6) is 17.2 Å². The number of nitrogens with one attached hydrogen (secondary N) is 1. The molecule has 7 heteroatoms. The number of ether oxygens (including phenoxy) is 3. The Morgan fingerprint density at radius 2 is 1.59 bits per heavy atom. The SMILES string of the molecule is CCOc1cc2[nH]c(=O)n(Cc3ccc(OC)cc3)c(=O)c2cc1OCC. The van der Waals surface area contributed by atoms with Crippen LogP contribution in [0.2, 0.25) is 0 Å². The van der Waals surface area contributed by atoms with E-state index in [0.29, 0.717) is 41.4 Å². The van der Waals surface area contributed by atoms with Gasteiger partial charge in [0.2, 0.25) is 0 Å². The quantitative estimate of drug-likeness (QED) is 0.691. The van der Waals surface area contributed by atoms with E-state index in [1.165, 1.54) is 4.57 Å². The number of aromatic nitrogens is 2. The summed E-state index contributed by atoms with van der Waals surface area (Å²) in [6, 6.07) is 10.5. The summed E-state index contributed by atoms with van der Waals surface area (Å²) in [6.45, 7) is 4.76. The van der Waals surface area contributed by atoms with Crippen LogP contribution in [0.4, 0.5) is 0 Å². The van der Waals surface area contributed by atoms with Gasteiger partial charge in [0.15, 0.2) is 11.5 Å². The largest absolute Gasteiger partial charge is 0.497 e. The Balaban J connectivity index is 2.09. The molecule has 1 aromatic heterocycles. The molecule has 0 radical (unpaired) electrons. The molecule has 3 aromatic rings. The second-order valence-corrected chi connectivity index (χ2v) is 5.88. The van der Waals surface area contributed by atoms with Crippen molar-refractivity contribution in [1.82, 2.24) is 9.55 Å². The first-order valence-electron chi connectivity index (χ1n) is 8.76. The molecule has 0 saturated heterocycles. The van der Waals surface area contributed by atoms with Crippen LogP contribution in [-0.4, -0.2) is 29.9 Å². The highest BCUT2D eigenvalue weighted by Gasteiger charge is 2.14. The van der Waals surface area contributed by atoms with Gasteiger partial charge in [-0.1, -0.05) is 12.1 Å². The minimum atomic E-state index is -0.477. The van der Waals surface area contributed by atoms with E-state index in [0.717, 1.165) is 5.56 Å². The number of hydrogen-bond donors (Lipinski definition) is 1. The zero-order valence-corrected chi connectivity index (χ0v) is 15.6. The zero-order chi connectivity index (χ0) is 19.4. The maximum absolute atomic E-state index is 12.9. The molecule has 142 valence electrons. The standard InChI is InChI=1S/C20H22N2O5/c1-4-26-17-10-15-16(11-18(17)27-5-2)21-20(24)22(19(15)23)12-13-6-8-14(25-3)9-7-13/h6-11H,4-5,12H2,1-3H3,(H,21,24).